The Labute approximate surface area is 181 Å². The number of hydrogen-bond donors (Lipinski definition) is 0. The average molecular weight is 425 g/mol. The van der Waals surface area contributed by atoms with Gasteiger partial charge >= 0.3 is 0 Å². The van der Waals surface area contributed by atoms with E-state index in [4.69, 9.17) is 23.4 Å². The molecule has 3 aromatic rings. The molecule has 0 bridgehead atoms. The van der Waals surface area contributed by atoms with Crippen molar-refractivity contribution in [2.45, 2.75) is 0 Å². The van der Waals surface area contributed by atoms with Crippen LogP contribution in [0.1, 0.15) is 15.9 Å². The lowest BCUT2D eigenvalue weighted by Gasteiger charge is -2.18. The van der Waals surface area contributed by atoms with E-state index in [1.165, 1.54) is 26.6 Å². The number of fused-ring (bicyclic) bond motifs is 1. The molecule has 0 N–H and O–H groups in total. The highest BCUT2D eigenvalue weighted by Crippen LogP contribution is 2.46. The van der Waals surface area contributed by atoms with Gasteiger partial charge in [-0.15, -0.1) is 0 Å². The molecule has 0 aliphatic heterocycles. The van der Waals surface area contributed by atoms with Crippen molar-refractivity contribution in [3.8, 4) is 23.0 Å². The summed E-state index contributed by atoms with van der Waals surface area (Å²) in [6.45, 7) is 1.02. The van der Waals surface area contributed by atoms with Gasteiger partial charge in [-0.1, -0.05) is 18.2 Å². The summed E-state index contributed by atoms with van der Waals surface area (Å²) in [5, 5.41) is 0.637. The summed E-state index contributed by atoms with van der Waals surface area (Å²) in [6, 6.07) is 9.17. The largest absolute Gasteiger partial charge is 0.497 e. The molecule has 0 fully saturated rings. The first-order chi connectivity index (χ1) is 15.0. The number of allylic oxidation sites excluding steroid dienone is 1. The molecule has 0 amide bonds. The summed E-state index contributed by atoms with van der Waals surface area (Å²) in [7, 11) is 8.52. The monoisotopic (exact) mass is 425 g/mol. The van der Waals surface area contributed by atoms with E-state index in [2.05, 4.69) is 0 Å². The van der Waals surface area contributed by atoms with E-state index in [9.17, 15) is 4.79 Å². The Kier molecular flexibility index (Phi) is 7.20. The zero-order chi connectivity index (χ0) is 22.4. The molecular weight excluding hydrogens is 398 g/mol. The van der Waals surface area contributed by atoms with Crippen LogP contribution in [0.5, 0.6) is 23.0 Å². The van der Waals surface area contributed by atoms with Crippen LogP contribution in [0.15, 0.2) is 47.1 Å². The van der Waals surface area contributed by atoms with Gasteiger partial charge in [-0.3, -0.25) is 4.79 Å². The molecule has 164 valence electrons. The number of methoxy groups -OCH3 is 3. The standard InChI is InChI=1S/C24H27NO6/c1-25(2)12-14-31-23-20(19(26)10-9-16-7-6-8-17(15-16)27-3)21(28-4)18-11-13-30-22(18)24(23)29-5/h6-11,13,15H,12,14H2,1-5H3/b10-9+. The van der Waals surface area contributed by atoms with Gasteiger partial charge in [0.15, 0.2) is 17.1 Å². The van der Waals surface area contributed by atoms with Crippen molar-refractivity contribution < 1.29 is 28.2 Å². The van der Waals surface area contributed by atoms with Crippen molar-refractivity contribution in [1.82, 2.24) is 4.90 Å². The molecule has 7 nitrogen and oxygen atoms in total. The van der Waals surface area contributed by atoms with Gasteiger partial charge in [0, 0.05) is 6.54 Å². The maximum absolute atomic E-state index is 13.3. The second kappa shape index (κ2) is 10.0. The molecule has 0 spiro atoms. The van der Waals surface area contributed by atoms with Crippen LogP contribution in [-0.4, -0.2) is 59.3 Å². The lowest BCUT2D eigenvalue weighted by atomic mass is 10.0. The first-order valence-corrected chi connectivity index (χ1v) is 9.79. The Morgan fingerprint density at radius 3 is 2.48 bits per heavy atom. The second-order valence-electron chi connectivity index (χ2n) is 7.06. The van der Waals surface area contributed by atoms with E-state index < -0.39 is 0 Å². The highest BCUT2D eigenvalue weighted by molar-refractivity contribution is 6.15. The number of carbonyl (C=O) groups excluding carboxylic acids is 1. The molecule has 0 unspecified atom stereocenters. The number of ketones is 1. The molecule has 2 aromatic carbocycles. The van der Waals surface area contributed by atoms with Crippen LogP contribution in [-0.2, 0) is 0 Å². The molecular formula is C24H27NO6. The minimum absolute atomic E-state index is 0.277. The van der Waals surface area contributed by atoms with Gasteiger partial charge in [0.05, 0.1) is 33.0 Å². The summed E-state index contributed by atoms with van der Waals surface area (Å²) in [6.07, 6.45) is 4.73. The second-order valence-corrected chi connectivity index (χ2v) is 7.06. The highest BCUT2D eigenvalue weighted by atomic mass is 16.5. The number of benzene rings is 2. The molecule has 3 rings (SSSR count). The van der Waals surface area contributed by atoms with Crippen molar-refractivity contribution in [3.63, 3.8) is 0 Å². The molecule has 0 aliphatic carbocycles. The summed E-state index contributed by atoms with van der Waals surface area (Å²) in [4.78, 5) is 15.3. The molecule has 1 heterocycles. The molecule has 0 saturated heterocycles. The number of furan rings is 1. The van der Waals surface area contributed by atoms with Gasteiger partial charge < -0.3 is 28.3 Å². The Morgan fingerprint density at radius 1 is 1.03 bits per heavy atom. The van der Waals surface area contributed by atoms with Gasteiger partial charge in [-0.05, 0) is 43.9 Å². The fourth-order valence-electron chi connectivity index (χ4n) is 3.21. The summed E-state index contributed by atoms with van der Waals surface area (Å²) in [5.41, 5.74) is 1.58. The first-order valence-electron chi connectivity index (χ1n) is 9.79. The lowest BCUT2D eigenvalue weighted by Crippen LogP contribution is -2.20. The van der Waals surface area contributed by atoms with E-state index in [-0.39, 0.29) is 11.3 Å². The lowest BCUT2D eigenvalue weighted by molar-refractivity contribution is 0.104. The predicted octanol–water partition coefficient (Wildman–Crippen LogP) is 4.30. The predicted molar refractivity (Wildman–Crippen MR) is 120 cm³/mol. The summed E-state index contributed by atoms with van der Waals surface area (Å²) < 4.78 is 28.1. The number of nitrogens with zero attached hydrogens (tertiary/aromatic N) is 1. The van der Waals surface area contributed by atoms with Gasteiger partial charge in [0.25, 0.3) is 0 Å². The van der Waals surface area contributed by atoms with Gasteiger partial charge in [0.1, 0.15) is 23.7 Å². The average Bonchev–Trinajstić information content (AvgIpc) is 3.25. The molecule has 0 saturated carbocycles. The van der Waals surface area contributed by atoms with Crippen molar-refractivity contribution in [3.05, 3.63) is 53.8 Å². The van der Waals surface area contributed by atoms with E-state index in [1.807, 2.05) is 43.3 Å². The number of hydrogen-bond acceptors (Lipinski definition) is 7. The molecule has 0 atom stereocenters. The van der Waals surface area contributed by atoms with Crippen LogP contribution in [0.25, 0.3) is 17.0 Å². The number of carbonyl (C=O) groups is 1. The topological polar surface area (TPSA) is 70.4 Å². The van der Waals surface area contributed by atoms with Crippen LogP contribution in [0, 0.1) is 0 Å². The van der Waals surface area contributed by atoms with Gasteiger partial charge in [-0.2, -0.15) is 0 Å². The van der Waals surface area contributed by atoms with Crippen LogP contribution < -0.4 is 18.9 Å². The smallest absolute Gasteiger partial charge is 0.205 e. The number of rotatable bonds is 10. The van der Waals surface area contributed by atoms with Gasteiger partial charge in [-0.25, -0.2) is 0 Å². The van der Waals surface area contributed by atoms with E-state index in [0.717, 1.165) is 5.56 Å². The van der Waals surface area contributed by atoms with Crippen molar-refractivity contribution >= 4 is 22.8 Å². The zero-order valence-corrected chi connectivity index (χ0v) is 18.4. The minimum Gasteiger partial charge on any atom is -0.497 e. The summed E-state index contributed by atoms with van der Waals surface area (Å²) in [5.74, 6) is 1.47. The molecule has 1 aromatic heterocycles. The van der Waals surface area contributed by atoms with Crippen LogP contribution in [0.2, 0.25) is 0 Å². The fraction of sp³-hybridized carbons (Fsp3) is 0.292. The van der Waals surface area contributed by atoms with Gasteiger partial charge in [0.2, 0.25) is 5.75 Å². The molecule has 0 radical (unpaired) electrons. The molecule has 7 heteroatoms. The highest BCUT2D eigenvalue weighted by Gasteiger charge is 2.28. The number of ether oxygens (including phenoxy) is 4. The Hall–Kier alpha value is -3.45. The SMILES string of the molecule is COc1cccc(/C=C/C(=O)c2c(OCCN(C)C)c(OC)c3occc3c2OC)c1. The number of likely N-dealkylation sites (N-methyl/N-ethyl adjacent to an activating group) is 1. The van der Waals surface area contributed by atoms with Crippen molar-refractivity contribution in [2.24, 2.45) is 0 Å². The quantitative estimate of drug-likeness (QED) is 0.354. The van der Waals surface area contributed by atoms with E-state index >= 15 is 0 Å². The maximum Gasteiger partial charge on any atom is 0.205 e. The zero-order valence-electron chi connectivity index (χ0n) is 18.4. The Bertz CT molecular complexity index is 1080. The fourth-order valence-corrected chi connectivity index (χ4v) is 3.21. The molecule has 0 aliphatic rings. The van der Waals surface area contributed by atoms with Crippen LogP contribution in [0.3, 0.4) is 0 Å². The third-order valence-corrected chi connectivity index (χ3v) is 4.74. The third kappa shape index (κ3) is 4.83. The normalized spacial score (nSPS) is 11.3. The summed E-state index contributed by atoms with van der Waals surface area (Å²) >= 11 is 0. The van der Waals surface area contributed by atoms with Crippen LogP contribution in [0.4, 0.5) is 0 Å². The molecule has 31 heavy (non-hydrogen) atoms. The van der Waals surface area contributed by atoms with Crippen molar-refractivity contribution in [1.29, 1.82) is 0 Å². The minimum atomic E-state index is -0.277. The third-order valence-electron chi connectivity index (χ3n) is 4.74. The van der Waals surface area contributed by atoms with Crippen molar-refractivity contribution in [2.75, 3.05) is 48.6 Å². The van der Waals surface area contributed by atoms with E-state index in [1.54, 1.807) is 19.3 Å². The van der Waals surface area contributed by atoms with E-state index in [0.29, 0.717) is 47.1 Å². The van der Waals surface area contributed by atoms with Crippen LogP contribution >= 0.6 is 0 Å². The first kappa shape index (κ1) is 22.2. The Morgan fingerprint density at radius 2 is 1.81 bits per heavy atom. The maximum atomic E-state index is 13.3. The Balaban J connectivity index is 2.08.